The number of carbonyl (C=O) groups excluding carboxylic acids is 2. The molecule has 6 heteroatoms. The van der Waals surface area contributed by atoms with Crippen LogP contribution in [0.25, 0.3) is 10.9 Å². The van der Waals surface area contributed by atoms with Gasteiger partial charge in [0.05, 0.1) is 11.0 Å². The van der Waals surface area contributed by atoms with Crippen LogP contribution in [0.4, 0.5) is 5.69 Å². The van der Waals surface area contributed by atoms with Crippen LogP contribution in [0.2, 0.25) is 0 Å². The van der Waals surface area contributed by atoms with Crippen LogP contribution in [-0.2, 0) is 4.79 Å². The maximum absolute atomic E-state index is 12.2. The molecule has 0 aliphatic rings. The highest BCUT2D eigenvalue weighted by molar-refractivity contribution is 6.07. The van der Waals surface area contributed by atoms with Crippen molar-refractivity contribution in [3.8, 4) is 0 Å². The Morgan fingerprint density at radius 1 is 1.35 bits per heavy atom. The van der Waals surface area contributed by atoms with Crippen molar-refractivity contribution >= 4 is 28.4 Å². The number of aromatic nitrogens is 1. The summed E-state index contributed by atoms with van der Waals surface area (Å²) in [6.45, 7) is 3.56. The van der Waals surface area contributed by atoms with Gasteiger partial charge in [0.25, 0.3) is 5.91 Å². The number of benzene rings is 1. The number of nitrogens with two attached hydrogens (primary N) is 2. The van der Waals surface area contributed by atoms with Crippen LogP contribution >= 0.6 is 0 Å². The maximum Gasteiger partial charge on any atom is 0.253 e. The number of fused-ring (bicyclic) bond motifs is 1. The lowest BCUT2D eigenvalue weighted by Crippen LogP contribution is -2.42. The van der Waals surface area contributed by atoms with Crippen molar-refractivity contribution < 1.29 is 9.59 Å². The topological polar surface area (TPSA) is 114 Å². The van der Waals surface area contributed by atoms with E-state index in [1.165, 1.54) is 0 Å². The molecule has 2 rings (SSSR count). The van der Waals surface area contributed by atoms with Crippen molar-refractivity contribution in [2.75, 3.05) is 12.3 Å². The van der Waals surface area contributed by atoms with Crippen LogP contribution in [0.1, 0.15) is 24.2 Å². The molecule has 6 N–H and O–H groups in total. The fraction of sp³-hybridized carbons (Fsp3) is 0.286. The Morgan fingerprint density at radius 2 is 2.05 bits per heavy atom. The summed E-state index contributed by atoms with van der Waals surface area (Å²) in [5.74, 6) is -0.708. The lowest BCUT2D eigenvalue weighted by atomic mass is 9.92. The molecule has 0 radical (unpaired) electrons. The van der Waals surface area contributed by atoms with E-state index in [2.05, 4.69) is 10.3 Å². The highest BCUT2D eigenvalue weighted by Crippen LogP contribution is 2.21. The highest BCUT2D eigenvalue weighted by atomic mass is 16.2. The Labute approximate surface area is 116 Å². The van der Waals surface area contributed by atoms with Gasteiger partial charge < -0.3 is 21.8 Å². The minimum absolute atomic E-state index is 0.183. The predicted octanol–water partition coefficient (Wildman–Crippen LogP) is 0.991. The van der Waals surface area contributed by atoms with E-state index in [0.717, 1.165) is 10.9 Å². The second kappa shape index (κ2) is 4.88. The van der Waals surface area contributed by atoms with Crippen LogP contribution < -0.4 is 16.8 Å². The molecule has 0 saturated heterocycles. The maximum atomic E-state index is 12.2. The number of nitrogen functional groups attached to an aromatic ring is 1. The third-order valence-corrected chi connectivity index (χ3v) is 3.31. The number of hydrogen-bond donors (Lipinski definition) is 4. The molecule has 0 atom stereocenters. The first-order chi connectivity index (χ1) is 9.31. The number of hydrogen-bond acceptors (Lipinski definition) is 3. The standard InChI is InChI=1S/C14H18N4O2/c1-14(2,13(16)20)7-18-12(19)10-6-17-11-5-8(15)3-4-9(10)11/h3-6,17H,7,15H2,1-2H3,(H2,16,20)(H,18,19). The van der Waals surface area contributed by atoms with Gasteiger partial charge in [0, 0.05) is 29.3 Å². The molecule has 0 bridgehead atoms. The molecule has 2 aromatic rings. The van der Waals surface area contributed by atoms with Crippen LogP contribution in [0.5, 0.6) is 0 Å². The number of amides is 2. The van der Waals surface area contributed by atoms with Crippen LogP contribution in [0.15, 0.2) is 24.4 Å². The van der Waals surface area contributed by atoms with Crippen molar-refractivity contribution in [3.05, 3.63) is 30.0 Å². The van der Waals surface area contributed by atoms with Gasteiger partial charge >= 0.3 is 0 Å². The summed E-state index contributed by atoms with van der Waals surface area (Å²) in [6.07, 6.45) is 1.62. The van der Waals surface area contributed by atoms with Crippen molar-refractivity contribution in [1.82, 2.24) is 10.3 Å². The Balaban J connectivity index is 2.18. The minimum atomic E-state index is -0.786. The van der Waals surface area contributed by atoms with Gasteiger partial charge in [0.1, 0.15) is 0 Å². The summed E-state index contributed by atoms with van der Waals surface area (Å²) in [7, 11) is 0. The first-order valence-electron chi connectivity index (χ1n) is 6.26. The molecule has 1 heterocycles. The summed E-state index contributed by atoms with van der Waals surface area (Å²) in [4.78, 5) is 26.4. The summed E-state index contributed by atoms with van der Waals surface area (Å²) in [6, 6.07) is 5.29. The fourth-order valence-electron chi connectivity index (χ4n) is 1.82. The zero-order valence-electron chi connectivity index (χ0n) is 11.5. The number of rotatable bonds is 4. The van der Waals surface area contributed by atoms with Gasteiger partial charge in [-0.1, -0.05) is 0 Å². The highest BCUT2D eigenvalue weighted by Gasteiger charge is 2.26. The van der Waals surface area contributed by atoms with Crippen molar-refractivity contribution in [2.45, 2.75) is 13.8 Å². The quantitative estimate of drug-likeness (QED) is 0.623. The lowest BCUT2D eigenvalue weighted by Gasteiger charge is -2.20. The fourth-order valence-corrected chi connectivity index (χ4v) is 1.82. The molecule has 1 aromatic heterocycles. The van der Waals surface area contributed by atoms with Crippen LogP contribution in [-0.4, -0.2) is 23.3 Å². The second-order valence-electron chi connectivity index (χ2n) is 5.44. The zero-order valence-corrected chi connectivity index (χ0v) is 11.5. The molecule has 0 aliphatic heterocycles. The SMILES string of the molecule is CC(C)(CNC(=O)c1c[nH]c2cc(N)ccc12)C(N)=O. The molecule has 0 spiro atoms. The Kier molecular flexibility index (Phi) is 3.40. The normalized spacial score (nSPS) is 11.5. The second-order valence-corrected chi connectivity index (χ2v) is 5.44. The molecule has 0 saturated carbocycles. The van der Waals surface area contributed by atoms with Gasteiger partial charge in [-0.2, -0.15) is 0 Å². The number of H-pyrrole nitrogens is 1. The monoisotopic (exact) mass is 274 g/mol. The first kappa shape index (κ1) is 13.9. The Hall–Kier alpha value is -2.50. The zero-order chi connectivity index (χ0) is 14.9. The largest absolute Gasteiger partial charge is 0.399 e. The first-order valence-corrected chi connectivity index (χ1v) is 6.26. The van der Waals surface area contributed by atoms with E-state index < -0.39 is 11.3 Å². The molecule has 0 fully saturated rings. The Bertz CT molecular complexity index is 673. The molecule has 1 aromatic carbocycles. The third kappa shape index (κ3) is 2.59. The average Bonchev–Trinajstić information content (AvgIpc) is 2.78. The number of anilines is 1. The molecule has 106 valence electrons. The number of carbonyl (C=O) groups is 2. The smallest absolute Gasteiger partial charge is 0.253 e. The van der Waals surface area contributed by atoms with Crippen molar-refractivity contribution in [3.63, 3.8) is 0 Å². The third-order valence-electron chi connectivity index (χ3n) is 3.31. The van der Waals surface area contributed by atoms with E-state index in [9.17, 15) is 9.59 Å². The van der Waals surface area contributed by atoms with Crippen molar-refractivity contribution in [1.29, 1.82) is 0 Å². The summed E-state index contributed by atoms with van der Waals surface area (Å²) in [5.41, 5.74) is 12.1. The molecular weight excluding hydrogens is 256 g/mol. The number of primary amides is 1. The van der Waals surface area contributed by atoms with Gasteiger partial charge in [0.15, 0.2) is 0 Å². The van der Waals surface area contributed by atoms with Gasteiger partial charge in [0.2, 0.25) is 5.91 Å². The van der Waals surface area contributed by atoms with E-state index in [0.29, 0.717) is 11.3 Å². The molecule has 0 unspecified atom stereocenters. The summed E-state index contributed by atoms with van der Waals surface area (Å²) in [5, 5.41) is 3.51. The van der Waals surface area contributed by atoms with Gasteiger partial charge in [-0.15, -0.1) is 0 Å². The average molecular weight is 274 g/mol. The van der Waals surface area contributed by atoms with E-state index in [-0.39, 0.29) is 12.5 Å². The summed E-state index contributed by atoms with van der Waals surface area (Å²) >= 11 is 0. The predicted molar refractivity (Wildman–Crippen MR) is 78.0 cm³/mol. The van der Waals surface area contributed by atoms with Gasteiger partial charge in [-0.25, -0.2) is 0 Å². The van der Waals surface area contributed by atoms with Gasteiger partial charge in [-0.05, 0) is 32.0 Å². The molecular formula is C14H18N4O2. The minimum Gasteiger partial charge on any atom is -0.399 e. The van der Waals surface area contributed by atoms with E-state index in [4.69, 9.17) is 11.5 Å². The van der Waals surface area contributed by atoms with E-state index in [1.807, 2.05) is 0 Å². The number of nitrogens with one attached hydrogen (secondary N) is 2. The molecule has 0 aliphatic carbocycles. The number of aromatic amines is 1. The molecule has 20 heavy (non-hydrogen) atoms. The van der Waals surface area contributed by atoms with Gasteiger partial charge in [-0.3, -0.25) is 9.59 Å². The molecule has 2 amide bonds. The van der Waals surface area contributed by atoms with Crippen molar-refractivity contribution in [2.24, 2.45) is 11.1 Å². The van der Waals surface area contributed by atoms with E-state index in [1.54, 1.807) is 38.2 Å². The summed E-state index contributed by atoms with van der Waals surface area (Å²) < 4.78 is 0. The molecule has 6 nitrogen and oxygen atoms in total. The Morgan fingerprint density at radius 3 is 2.70 bits per heavy atom. The van der Waals surface area contributed by atoms with E-state index >= 15 is 0 Å². The lowest BCUT2D eigenvalue weighted by molar-refractivity contribution is -0.125. The van der Waals surface area contributed by atoms with Crippen LogP contribution in [0.3, 0.4) is 0 Å². The van der Waals surface area contributed by atoms with Crippen LogP contribution in [0, 0.1) is 5.41 Å².